The van der Waals surface area contributed by atoms with E-state index in [1.54, 1.807) is 0 Å². The van der Waals surface area contributed by atoms with Gasteiger partial charge in [-0.1, -0.05) is 38.1 Å². The average Bonchev–Trinajstić information content (AvgIpc) is 2.05. The van der Waals surface area contributed by atoms with E-state index >= 15 is 0 Å². The first-order valence-electron chi connectivity index (χ1n) is 3.94. The third-order valence-corrected chi connectivity index (χ3v) is 1.84. The topological polar surface area (TPSA) is 0 Å². The minimum atomic E-state index is 0. The summed E-state index contributed by atoms with van der Waals surface area (Å²) >= 11 is 0. The molecule has 0 aliphatic heterocycles. The van der Waals surface area contributed by atoms with Gasteiger partial charge in [-0.3, -0.25) is 0 Å². The summed E-state index contributed by atoms with van der Waals surface area (Å²) < 4.78 is 0. The van der Waals surface area contributed by atoms with Crippen molar-refractivity contribution >= 4 is 8.41 Å². The second-order valence-electron chi connectivity index (χ2n) is 2.52. The molecular formula is C10H14B. The van der Waals surface area contributed by atoms with Crippen LogP contribution in [0.15, 0.2) is 24.3 Å². The van der Waals surface area contributed by atoms with Gasteiger partial charge in [0, 0.05) is 8.41 Å². The van der Waals surface area contributed by atoms with Crippen LogP contribution in [0.2, 0.25) is 0 Å². The van der Waals surface area contributed by atoms with Gasteiger partial charge in [0.05, 0.1) is 0 Å². The molecule has 0 amide bonds. The number of benzene rings is 1. The van der Waals surface area contributed by atoms with Gasteiger partial charge in [-0.05, 0) is 24.0 Å². The van der Waals surface area contributed by atoms with Gasteiger partial charge in [-0.15, -0.1) is 0 Å². The Bertz CT molecular complexity index is 166. The molecule has 1 rings (SSSR count). The van der Waals surface area contributed by atoms with Crippen LogP contribution < -0.4 is 0 Å². The van der Waals surface area contributed by atoms with E-state index in [9.17, 15) is 0 Å². The first-order valence-corrected chi connectivity index (χ1v) is 3.94. The van der Waals surface area contributed by atoms with Crippen molar-refractivity contribution in [1.29, 1.82) is 0 Å². The molecule has 0 heterocycles. The summed E-state index contributed by atoms with van der Waals surface area (Å²) in [5.74, 6) is 0. The van der Waals surface area contributed by atoms with Gasteiger partial charge in [0.2, 0.25) is 0 Å². The normalized spacial score (nSPS) is 8.91. The summed E-state index contributed by atoms with van der Waals surface area (Å²) in [5.41, 5.74) is 2.86. The van der Waals surface area contributed by atoms with E-state index in [4.69, 9.17) is 0 Å². The van der Waals surface area contributed by atoms with E-state index in [2.05, 4.69) is 38.1 Å². The summed E-state index contributed by atoms with van der Waals surface area (Å²) in [7, 11) is 0. The molecule has 0 nitrogen and oxygen atoms in total. The molecule has 0 aliphatic rings. The Balaban J connectivity index is 0.000001000. The third-order valence-electron chi connectivity index (χ3n) is 1.84. The SMILES string of the molecule is CCc1ccc(CC)cc1.[B]. The number of aryl methyl sites for hydroxylation is 2. The zero-order valence-electron chi connectivity index (χ0n) is 7.30. The van der Waals surface area contributed by atoms with E-state index in [1.165, 1.54) is 11.1 Å². The second kappa shape index (κ2) is 5.00. The van der Waals surface area contributed by atoms with Crippen molar-refractivity contribution in [2.75, 3.05) is 0 Å². The smallest absolute Gasteiger partial charge is 0 e. The molecule has 11 heavy (non-hydrogen) atoms. The summed E-state index contributed by atoms with van der Waals surface area (Å²) in [6.07, 6.45) is 2.29. The molecule has 0 atom stereocenters. The van der Waals surface area contributed by atoms with E-state index < -0.39 is 0 Å². The molecule has 1 aromatic carbocycles. The van der Waals surface area contributed by atoms with Crippen molar-refractivity contribution in [3.05, 3.63) is 35.4 Å². The fourth-order valence-corrected chi connectivity index (χ4v) is 1.01. The van der Waals surface area contributed by atoms with Crippen molar-refractivity contribution in [2.45, 2.75) is 26.7 Å². The van der Waals surface area contributed by atoms with Crippen molar-refractivity contribution in [3.63, 3.8) is 0 Å². The Morgan fingerprint density at radius 1 is 0.818 bits per heavy atom. The van der Waals surface area contributed by atoms with Gasteiger partial charge in [0.1, 0.15) is 0 Å². The van der Waals surface area contributed by atoms with Gasteiger partial charge >= 0.3 is 0 Å². The summed E-state index contributed by atoms with van der Waals surface area (Å²) in [6.45, 7) is 4.36. The third kappa shape index (κ3) is 2.79. The Morgan fingerprint density at radius 3 is 1.27 bits per heavy atom. The lowest BCUT2D eigenvalue weighted by Crippen LogP contribution is -1.81. The summed E-state index contributed by atoms with van der Waals surface area (Å²) in [6, 6.07) is 8.83. The van der Waals surface area contributed by atoms with E-state index in [0.29, 0.717) is 0 Å². The highest BCUT2D eigenvalue weighted by Crippen LogP contribution is 2.04. The summed E-state index contributed by atoms with van der Waals surface area (Å²) in [5, 5.41) is 0. The maximum absolute atomic E-state index is 2.21. The van der Waals surface area contributed by atoms with E-state index in [-0.39, 0.29) is 8.41 Å². The maximum Gasteiger partial charge on any atom is 0 e. The summed E-state index contributed by atoms with van der Waals surface area (Å²) in [4.78, 5) is 0. The fourth-order valence-electron chi connectivity index (χ4n) is 1.01. The second-order valence-corrected chi connectivity index (χ2v) is 2.52. The van der Waals surface area contributed by atoms with Crippen LogP contribution in [-0.2, 0) is 12.8 Å². The van der Waals surface area contributed by atoms with Crippen LogP contribution in [0.5, 0.6) is 0 Å². The minimum absolute atomic E-state index is 0. The van der Waals surface area contributed by atoms with Crippen LogP contribution >= 0.6 is 0 Å². The quantitative estimate of drug-likeness (QED) is 0.560. The lowest BCUT2D eigenvalue weighted by Gasteiger charge is -1.97. The van der Waals surface area contributed by atoms with Crippen molar-refractivity contribution in [3.8, 4) is 0 Å². The highest BCUT2D eigenvalue weighted by atomic mass is 13.9. The zero-order chi connectivity index (χ0) is 7.40. The van der Waals surface area contributed by atoms with Gasteiger partial charge in [-0.2, -0.15) is 0 Å². The minimum Gasteiger partial charge on any atom is -0.0613 e. The molecule has 0 fully saturated rings. The predicted molar refractivity (Wildman–Crippen MR) is 51.0 cm³/mol. The lowest BCUT2D eigenvalue weighted by atomic mass is 10.1. The fraction of sp³-hybridized carbons (Fsp3) is 0.400. The molecule has 1 heteroatoms. The van der Waals surface area contributed by atoms with Crippen molar-refractivity contribution in [2.24, 2.45) is 0 Å². The maximum atomic E-state index is 2.21. The standard InChI is InChI=1S/C10H14.B/c1-3-9-5-7-10(4-2)8-6-9;/h5-8H,3-4H2,1-2H3;. The van der Waals surface area contributed by atoms with Gasteiger partial charge in [0.15, 0.2) is 0 Å². The average molecular weight is 145 g/mol. The van der Waals surface area contributed by atoms with Gasteiger partial charge in [0.25, 0.3) is 0 Å². The highest BCUT2D eigenvalue weighted by Gasteiger charge is 1.88. The Labute approximate surface area is 71.2 Å². The number of hydrogen-bond acceptors (Lipinski definition) is 0. The van der Waals surface area contributed by atoms with Gasteiger partial charge in [-0.25, -0.2) is 0 Å². The first kappa shape index (κ1) is 10.3. The molecule has 0 unspecified atom stereocenters. The molecule has 0 N–H and O–H groups in total. The first-order chi connectivity index (χ1) is 4.86. The van der Waals surface area contributed by atoms with Crippen LogP contribution in [0, 0.1) is 0 Å². The van der Waals surface area contributed by atoms with Crippen molar-refractivity contribution in [1.82, 2.24) is 0 Å². The van der Waals surface area contributed by atoms with Crippen molar-refractivity contribution < 1.29 is 0 Å². The predicted octanol–water partition coefficient (Wildman–Crippen LogP) is 2.43. The lowest BCUT2D eigenvalue weighted by molar-refractivity contribution is 1.10. The number of rotatable bonds is 2. The Hall–Kier alpha value is -0.715. The number of hydrogen-bond donors (Lipinski definition) is 0. The van der Waals surface area contributed by atoms with E-state index in [0.717, 1.165) is 12.8 Å². The monoisotopic (exact) mass is 145 g/mol. The molecule has 3 radical (unpaired) electrons. The molecule has 0 spiro atoms. The van der Waals surface area contributed by atoms with Crippen LogP contribution in [0.4, 0.5) is 0 Å². The highest BCUT2D eigenvalue weighted by molar-refractivity contribution is 5.75. The zero-order valence-corrected chi connectivity index (χ0v) is 7.30. The van der Waals surface area contributed by atoms with Crippen LogP contribution in [0.25, 0.3) is 0 Å². The molecule has 0 saturated heterocycles. The molecule has 57 valence electrons. The molecule has 1 aromatic rings. The molecular weight excluding hydrogens is 131 g/mol. The van der Waals surface area contributed by atoms with Crippen LogP contribution in [-0.4, -0.2) is 8.41 Å². The van der Waals surface area contributed by atoms with Crippen LogP contribution in [0.3, 0.4) is 0 Å². The van der Waals surface area contributed by atoms with E-state index in [1.807, 2.05) is 0 Å². The molecule has 0 aliphatic carbocycles. The van der Waals surface area contributed by atoms with Crippen LogP contribution in [0.1, 0.15) is 25.0 Å². The van der Waals surface area contributed by atoms with Gasteiger partial charge < -0.3 is 0 Å². The Kier molecular flexibility index (Phi) is 4.68. The molecule has 0 saturated carbocycles. The Morgan fingerprint density at radius 2 is 1.09 bits per heavy atom. The molecule has 0 aromatic heterocycles. The molecule has 0 bridgehead atoms. The largest absolute Gasteiger partial charge is 0.0613 e.